The summed E-state index contributed by atoms with van der Waals surface area (Å²) >= 11 is 8.04. The summed E-state index contributed by atoms with van der Waals surface area (Å²) in [5.41, 5.74) is 0.255. The minimum Gasteiger partial charge on any atom is -0.371 e. The standard InChI is InChI=1S/C16H22F3N3S2/c17-16(18,19)12-9-14(11-15(10-12)22(23)24)21-7-3-13(4-8-21)20-5-1-2-6-20/h9-11,13,23-24H,1-8H2. The Morgan fingerprint density at radius 1 is 0.958 bits per heavy atom. The van der Waals surface area contributed by atoms with Gasteiger partial charge in [0.2, 0.25) is 0 Å². The zero-order valence-corrected chi connectivity index (χ0v) is 15.1. The quantitative estimate of drug-likeness (QED) is 0.763. The Balaban J connectivity index is 1.75. The lowest BCUT2D eigenvalue weighted by Crippen LogP contribution is -2.43. The lowest BCUT2D eigenvalue weighted by molar-refractivity contribution is -0.137. The largest absolute Gasteiger partial charge is 0.416 e. The van der Waals surface area contributed by atoms with Crippen LogP contribution in [0.1, 0.15) is 31.2 Å². The van der Waals surface area contributed by atoms with E-state index >= 15 is 0 Å². The molecule has 0 saturated carbocycles. The molecule has 3 nitrogen and oxygen atoms in total. The second-order valence-electron chi connectivity index (χ2n) is 6.49. The van der Waals surface area contributed by atoms with Crippen LogP contribution in [0.15, 0.2) is 18.2 Å². The van der Waals surface area contributed by atoms with Gasteiger partial charge >= 0.3 is 6.18 Å². The van der Waals surface area contributed by atoms with E-state index in [1.54, 1.807) is 6.07 Å². The minimum atomic E-state index is -4.38. The Morgan fingerprint density at radius 3 is 2.12 bits per heavy atom. The van der Waals surface area contributed by atoms with Gasteiger partial charge in [-0.15, -0.1) is 0 Å². The molecule has 2 fully saturated rings. The average molecular weight is 378 g/mol. The first-order chi connectivity index (χ1) is 11.3. The molecule has 0 atom stereocenters. The Kier molecular flexibility index (Phi) is 5.46. The van der Waals surface area contributed by atoms with Gasteiger partial charge in [-0.25, -0.2) is 0 Å². The Bertz CT molecular complexity index is 566. The van der Waals surface area contributed by atoms with Crippen molar-refractivity contribution in [3.05, 3.63) is 23.8 Å². The molecular weight excluding hydrogens is 355 g/mol. The first kappa shape index (κ1) is 18.1. The molecule has 0 radical (unpaired) electrons. The van der Waals surface area contributed by atoms with Crippen molar-refractivity contribution in [3.8, 4) is 0 Å². The molecule has 0 spiro atoms. The highest BCUT2D eigenvalue weighted by molar-refractivity contribution is 8.00. The normalized spacial score (nSPS) is 20.6. The highest BCUT2D eigenvalue weighted by Gasteiger charge is 2.33. The van der Waals surface area contributed by atoms with Crippen LogP contribution in [0, 0.1) is 0 Å². The summed E-state index contributed by atoms with van der Waals surface area (Å²) in [5, 5.41) is 0. The summed E-state index contributed by atoms with van der Waals surface area (Å²) in [5.74, 6) is 0. The minimum absolute atomic E-state index is 0.327. The Hall–Kier alpha value is -0.730. The van der Waals surface area contributed by atoms with Crippen molar-refractivity contribution in [2.75, 3.05) is 34.8 Å². The van der Waals surface area contributed by atoms with Crippen LogP contribution >= 0.6 is 25.6 Å². The summed E-state index contributed by atoms with van der Waals surface area (Å²) < 4.78 is 40.6. The first-order valence-corrected chi connectivity index (χ1v) is 9.04. The SMILES string of the molecule is FC(F)(F)c1cc(N(S)S)cc(N2CCC(N3CCCC3)CC2)c1. The van der Waals surface area contributed by atoms with Crippen molar-refractivity contribution in [3.63, 3.8) is 0 Å². The molecule has 0 aliphatic carbocycles. The maximum Gasteiger partial charge on any atom is 0.416 e. The van der Waals surface area contributed by atoms with Gasteiger partial charge in [0.15, 0.2) is 0 Å². The van der Waals surface area contributed by atoms with Crippen molar-refractivity contribution < 1.29 is 13.2 Å². The van der Waals surface area contributed by atoms with Crippen LogP contribution in [0.5, 0.6) is 0 Å². The third-order valence-electron chi connectivity index (χ3n) is 4.95. The molecule has 134 valence electrons. The summed E-state index contributed by atoms with van der Waals surface area (Å²) in [6.45, 7) is 3.88. The summed E-state index contributed by atoms with van der Waals surface area (Å²) in [6, 6.07) is 4.58. The van der Waals surface area contributed by atoms with Gasteiger partial charge in [-0.05, 0) is 57.0 Å². The maximum atomic E-state index is 13.2. The predicted octanol–water partition coefficient (Wildman–Crippen LogP) is 4.27. The van der Waals surface area contributed by atoms with Crippen LogP contribution in [0.4, 0.5) is 24.5 Å². The number of hydrogen-bond donors (Lipinski definition) is 2. The molecule has 2 saturated heterocycles. The van der Waals surface area contributed by atoms with E-state index in [1.807, 2.05) is 4.90 Å². The molecule has 0 N–H and O–H groups in total. The molecule has 2 heterocycles. The second kappa shape index (κ2) is 7.25. The summed E-state index contributed by atoms with van der Waals surface area (Å²) in [4.78, 5) is 4.56. The number of thiol groups is 2. The Morgan fingerprint density at radius 2 is 1.58 bits per heavy atom. The van der Waals surface area contributed by atoms with Crippen molar-refractivity contribution in [2.45, 2.75) is 37.9 Å². The number of piperidine rings is 1. The van der Waals surface area contributed by atoms with E-state index in [9.17, 15) is 13.2 Å². The van der Waals surface area contributed by atoms with Gasteiger partial charge in [0.1, 0.15) is 0 Å². The van der Waals surface area contributed by atoms with Gasteiger partial charge in [-0.3, -0.25) is 3.71 Å². The number of halogens is 3. The maximum absolute atomic E-state index is 13.2. The molecule has 0 unspecified atom stereocenters. The molecule has 24 heavy (non-hydrogen) atoms. The van der Waals surface area contributed by atoms with Crippen LogP contribution < -0.4 is 8.61 Å². The van der Waals surface area contributed by atoms with Gasteiger partial charge in [0.05, 0.1) is 11.3 Å². The van der Waals surface area contributed by atoms with Gasteiger partial charge in [0.25, 0.3) is 0 Å². The number of rotatable bonds is 3. The molecular formula is C16H22F3N3S2. The van der Waals surface area contributed by atoms with Crippen LogP contribution in [-0.4, -0.2) is 37.1 Å². The fourth-order valence-corrected chi connectivity index (χ4v) is 3.88. The number of likely N-dealkylation sites (tertiary alicyclic amines) is 1. The van der Waals surface area contributed by atoms with Gasteiger partial charge in [0, 0.05) is 24.8 Å². The van der Waals surface area contributed by atoms with Crippen LogP contribution in [0.25, 0.3) is 0 Å². The highest BCUT2D eigenvalue weighted by atomic mass is 32.2. The van der Waals surface area contributed by atoms with E-state index in [2.05, 4.69) is 30.5 Å². The molecule has 3 rings (SSSR count). The van der Waals surface area contributed by atoms with Crippen molar-refractivity contribution >= 4 is 37.0 Å². The fraction of sp³-hybridized carbons (Fsp3) is 0.625. The van der Waals surface area contributed by atoms with E-state index in [-0.39, 0.29) is 0 Å². The number of benzene rings is 1. The average Bonchev–Trinajstić information content (AvgIpc) is 3.08. The molecule has 8 heteroatoms. The van der Waals surface area contributed by atoms with E-state index in [0.717, 1.165) is 48.8 Å². The zero-order valence-electron chi connectivity index (χ0n) is 13.3. The summed E-state index contributed by atoms with van der Waals surface area (Å²) in [6.07, 6.45) is 0.137. The van der Waals surface area contributed by atoms with Gasteiger partial charge in [-0.2, -0.15) is 13.2 Å². The van der Waals surface area contributed by atoms with Crippen LogP contribution in [0.3, 0.4) is 0 Å². The van der Waals surface area contributed by atoms with E-state index in [4.69, 9.17) is 0 Å². The molecule has 0 aromatic heterocycles. The predicted molar refractivity (Wildman–Crippen MR) is 97.9 cm³/mol. The number of anilines is 2. The van der Waals surface area contributed by atoms with Crippen LogP contribution in [0.2, 0.25) is 0 Å². The van der Waals surface area contributed by atoms with Gasteiger partial charge in [-0.1, -0.05) is 25.6 Å². The lowest BCUT2D eigenvalue weighted by Gasteiger charge is -2.38. The molecule has 1 aromatic rings. The smallest absolute Gasteiger partial charge is 0.371 e. The highest BCUT2D eigenvalue weighted by Crippen LogP contribution is 2.37. The molecule has 0 bridgehead atoms. The van der Waals surface area contributed by atoms with E-state index < -0.39 is 11.7 Å². The second-order valence-corrected chi connectivity index (χ2v) is 7.60. The third kappa shape index (κ3) is 4.08. The molecule has 0 amide bonds. The summed E-state index contributed by atoms with van der Waals surface area (Å²) in [7, 11) is 0. The molecule has 2 aliphatic heterocycles. The van der Waals surface area contributed by atoms with Crippen molar-refractivity contribution in [1.29, 1.82) is 0 Å². The number of hydrogen-bond acceptors (Lipinski definition) is 5. The van der Waals surface area contributed by atoms with Crippen molar-refractivity contribution in [2.24, 2.45) is 0 Å². The van der Waals surface area contributed by atoms with Gasteiger partial charge < -0.3 is 9.80 Å². The monoisotopic (exact) mass is 377 g/mol. The first-order valence-electron chi connectivity index (χ1n) is 8.24. The molecule has 2 aliphatic rings. The van der Waals surface area contributed by atoms with Crippen molar-refractivity contribution in [1.82, 2.24) is 4.90 Å². The Labute approximate surface area is 151 Å². The zero-order chi connectivity index (χ0) is 17.3. The van der Waals surface area contributed by atoms with E-state index in [1.165, 1.54) is 18.9 Å². The fourth-order valence-electron chi connectivity index (χ4n) is 3.65. The van der Waals surface area contributed by atoms with E-state index in [0.29, 0.717) is 17.4 Å². The topological polar surface area (TPSA) is 9.72 Å². The lowest BCUT2D eigenvalue weighted by atomic mass is 10.0. The molecule has 1 aromatic carbocycles. The van der Waals surface area contributed by atoms with Crippen LogP contribution in [-0.2, 0) is 6.18 Å². The number of nitrogens with zero attached hydrogens (tertiary/aromatic N) is 3. The number of alkyl halides is 3. The third-order valence-corrected chi connectivity index (χ3v) is 5.41.